The minimum atomic E-state index is -0.204. The standard InChI is InChI=1S/C16H17NO3/c18-10-9-17(12-6-7-12)16(20)14-8-5-11-3-1-2-4-13(11)15(14)19/h1-5,8,12,18-19H,6-7,9-10H2. The highest BCUT2D eigenvalue weighted by Crippen LogP contribution is 2.33. The Hall–Kier alpha value is -2.07. The zero-order chi connectivity index (χ0) is 14.1. The summed E-state index contributed by atoms with van der Waals surface area (Å²) in [5.41, 5.74) is 0.309. The number of aliphatic hydroxyl groups is 1. The first-order valence-electron chi connectivity index (χ1n) is 6.85. The minimum Gasteiger partial charge on any atom is -0.506 e. The third-order valence-corrected chi connectivity index (χ3v) is 3.72. The average Bonchev–Trinajstić information content (AvgIpc) is 3.29. The number of rotatable bonds is 4. The van der Waals surface area contributed by atoms with Gasteiger partial charge in [-0.3, -0.25) is 4.79 Å². The van der Waals surface area contributed by atoms with Crippen molar-refractivity contribution in [2.24, 2.45) is 0 Å². The summed E-state index contributed by atoms with van der Waals surface area (Å²) in [4.78, 5) is 14.2. The van der Waals surface area contributed by atoms with E-state index in [9.17, 15) is 9.90 Å². The van der Waals surface area contributed by atoms with Crippen molar-refractivity contribution in [1.82, 2.24) is 4.90 Å². The second kappa shape index (κ2) is 5.13. The van der Waals surface area contributed by atoms with Gasteiger partial charge in [0.15, 0.2) is 0 Å². The first-order valence-corrected chi connectivity index (χ1v) is 6.85. The molecular weight excluding hydrogens is 254 g/mol. The van der Waals surface area contributed by atoms with Crippen LogP contribution in [0.5, 0.6) is 5.75 Å². The van der Waals surface area contributed by atoms with E-state index in [1.54, 1.807) is 17.0 Å². The van der Waals surface area contributed by atoms with Gasteiger partial charge in [-0.05, 0) is 24.3 Å². The van der Waals surface area contributed by atoms with Gasteiger partial charge in [0.05, 0.1) is 12.2 Å². The molecule has 0 saturated heterocycles. The van der Waals surface area contributed by atoms with Gasteiger partial charge in [-0.2, -0.15) is 0 Å². The maximum absolute atomic E-state index is 12.5. The van der Waals surface area contributed by atoms with Gasteiger partial charge in [0.2, 0.25) is 0 Å². The highest BCUT2D eigenvalue weighted by atomic mass is 16.3. The first kappa shape index (κ1) is 12.9. The van der Waals surface area contributed by atoms with Crippen LogP contribution in [0.3, 0.4) is 0 Å². The van der Waals surface area contributed by atoms with E-state index >= 15 is 0 Å². The number of hydrogen-bond acceptors (Lipinski definition) is 3. The van der Waals surface area contributed by atoms with Crippen LogP contribution in [0.25, 0.3) is 10.8 Å². The summed E-state index contributed by atoms with van der Waals surface area (Å²) in [6, 6.07) is 11.1. The topological polar surface area (TPSA) is 60.8 Å². The molecule has 0 aliphatic heterocycles. The lowest BCUT2D eigenvalue weighted by Crippen LogP contribution is -2.35. The van der Waals surface area contributed by atoms with Crippen LogP contribution in [0.2, 0.25) is 0 Å². The Morgan fingerprint density at radius 2 is 1.95 bits per heavy atom. The van der Waals surface area contributed by atoms with E-state index in [1.807, 2.05) is 24.3 Å². The number of fused-ring (bicyclic) bond motifs is 1. The average molecular weight is 271 g/mol. The molecule has 4 nitrogen and oxygen atoms in total. The van der Waals surface area contributed by atoms with E-state index in [1.165, 1.54) is 0 Å². The molecule has 2 aromatic carbocycles. The van der Waals surface area contributed by atoms with Crippen molar-refractivity contribution in [3.63, 3.8) is 0 Å². The maximum Gasteiger partial charge on any atom is 0.257 e. The zero-order valence-electron chi connectivity index (χ0n) is 11.1. The van der Waals surface area contributed by atoms with Crippen LogP contribution >= 0.6 is 0 Å². The number of phenolic OH excluding ortho intramolecular Hbond substituents is 1. The second-order valence-electron chi connectivity index (χ2n) is 5.14. The number of benzene rings is 2. The van der Waals surface area contributed by atoms with Crippen molar-refractivity contribution in [1.29, 1.82) is 0 Å². The number of carbonyl (C=O) groups excluding carboxylic acids is 1. The highest BCUT2D eigenvalue weighted by molar-refractivity contribution is 6.03. The molecule has 1 amide bonds. The summed E-state index contributed by atoms with van der Waals surface area (Å²) in [6.45, 7) is 0.256. The van der Waals surface area contributed by atoms with Crippen molar-refractivity contribution >= 4 is 16.7 Å². The molecule has 1 aliphatic carbocycles. The molecule has 2 N–H and O–H groups in total. The summed E-state index contributed by atoms with van der Waals surface area (Å²) >= 11 is 0. The van der Waals surface area contributed by atoms with Crippen molar-refractivity contribution in [2.75, 3.05) is 13.2 Å². The Bertz CT molecular complexity index is 649. The molecule has 104 valence electrons. The third-order valence-electron chi connectivity index (χ3n) is 3.72. The lowest BCUT2D eigenvalue weighted by atomic mass is 10.0. The van der Waals surface area contributed by atoms with Crippen molar-refractivity contribution in [3.05, 3.63) is 42.0 Å². The Morgan fingerprint density at radius 3 is 2.65 bits per heavy atom. The van der Waals surface area contributed by atoms with E-state index < -0.39 is 0 Å². The van der Waals surface area contributed by atoms with Crippen molar-refractivity contribution < 1.29 is 15.0 Å². The summed E-state index contributed by atoms with van der Waals surface area (Å²) in [7, 11) is 0. The lowest BCUT2D eigenvalue weighted by molar-refractivity contribution is 0.0705. The molecule has 0 aromatic heterocycles. The molecule has 20 heavy (non-hydrogen) atoms. The van der Waals surface area contributed by atoms with Gasteiger partial charge in [-0.25, -0.2) is 0 Å². The zero-order valence-corrected chi connectivity index (χ0v) is 11.1. The molecule has 0 bridgehead atoms. The molecule has 0 heterocycles. The molecule has 0 spiro atoms. The Kier molecular flexibility index (Phi) is 3.32. The molecular formula is C16H17NO3. The van der Waals surface area contributed by atoms with E-state index in [0.29, 0.717) is 17.5 Å². The second-order valence-corrected chi connectivity index (χ2v) is 5.14. The van der Waals surface area contributed by atoms with Gasteiger partial charge in [-0.1, -0.05) is 30.3 Å². The molecule has 1 fully saturated rings. The SMILES string of the molecule is O=C(c1ccc2ccccc2c1O)N(CCO)C1CC1. The lowest BCUT2D eigenvalue weighted by Gasteiger charge is -2.22. The number of aromatic hydroxyl groups is 1. The number of nitrogens with zero attached hydrogens (tertiary/aromatic N) is 1. The molecule has 0 radical (unpaired) electrons. The molecule has 2 aromatic rings. The van der Waals surface area contributed by atoms with E-state index in [2.05, 4.69) is 0 Å². The fourth-order valence-corrected chi connectivity index (χ4v) is 2.53. The largest absolute Gasteiger partial charge is 0.506 e. The van der Waals surface area contributed by atoms with Crippen molar-refractivity contribution in [2.45, 2.75) is 18.9 Å². The fourth-order valence-electron chi connectivity index (χ4n) is 2.53. The molecule has 0 unspecified atom stereocenters. The van der Waals surface area contributed by atoms with Gasteiger partial charge in [0.25, 0.3) is 5.91 Å². The smallest absolute Gasteiger partial charge is 0.257 e. The van der Waals surface area contributed by atoms with Gasteiger partial charge in [0, 0.05) is 18.0 Å². The molecule has 0 atom stereocenters. The minimum absolute atomic E-state index is 0.0247. The van der Waals surface area contributed by atoms with Crippen LogP contribution in [0.4, 0.5) is 0 Å². The molecule has 3 rings (SSSR count). The van der Waals surface area contributed by atoms with Crippen LogP contribution in [-0.2, 0) is 0 Å². The first-order chi connectivity index (χ1) is 9.72. The summed E-state index contributed by atoms with van der Waals surface area (Å²) in [6.07, 6.45) is 1.94. The summed E-state index contributed by atoms with van der Waals surface area (Å²) < 4.78 is 0. The Labute approximate surface area is 117 Å². The highest BCUT2D eigenvalue weighted by Gasteiger charge is 2.33. The number of phenols is 1. The summed E-state index contributed by atoms with van der Waals surface area (Å²) in [5.74, 6) is -0.179. The predicted molar refractivity (Wildman–Crippen MR) is 76.8 cm³/mol. The molecule has 1 saturated carbocycles. The van der Waals surface area contributed by atoms with Gasteiger partial charge >= 0.3 is 0 Å². The molecule has 4 heteroatoms. The Balaban J connectivity index is 2.00. The molecule has 1 aliphatic rings. The predicted octanol–water partition coefficient (Wildman–Crippen LogP) is 2.14. The number of carbonyl (C=O) groups is 1. The Morgan fingerprint density at radius 1 is 1.20 bits per heavy atom. The normalized spacial score (nSPS) is 14.4. The van der Waals surface area contributed by atoms with E-state index in [4.69, 9.17) is 5.11 Å². The monoisotopic (exact) mass is 271 g/mol. The summed E-state index contributed by atoms with van der Waals surface area (Å²) in [5, 5.41) is 21.0. The number of aliphatic hydroxyl groups excluding tert-OH is 1. The van der Waals surface area contributed by atoms with Crippen LogP contribution < -0.4 is 0 Å². The van der Waals surface area contributed by atoms with Gasteiger partial charge in [0.1, 0.15) is 5.75 Å². The van der Waals surface area contributed by atoms with Crippen LogP contribution in [-0.4, -0.2) is 40.2 Å². The van der Waals surface area contributed by atoms with Crippen molar-refractivity contribution in [3.8, 4) is 5.75 Å². The number of hydrogen-bond donors (Lipinski definition) is 2. The quantitative estimate of drug-likeness (QED) is 0.895. The maximum atomic E-state index is 12.5. The van der Waals surface area contributed by atoms with Crippen LogP contribution in [0, 0.1) is 0 Å². The van der Waals surface area contributed by atoms with E-state index in [0.717, 1.165) is 18.2 Å². The van der Waals surface area contributed by atoms with Gasteiger partial charge < -0.3 is 15.1 Å². The van der Waals surface area contributed by atoms with Crippen LogP contribution in [0.1, 0.15) is 23.2 Å². The third kappa shape index (κ3) is 2.23. The van der Waals surface area contributed by atoms with E-state index in [-0.39, 0.29) is 24.3 Å². The number of amides is 1. The fraction of sp³-hybridized carbons (Fsp3) is 0.312. The van der Waals surface area contributed by atoms with Gasteiger partial charge in [-0.15, -0.1) is 0 Å². The van der Waals surface area contributed by atoms with Crippen LogP contribution in [0.15, 0.2) is 36.4 Å².